The Balaban J connectivity index is 3.05. The van der Waals surface area contributed by atoms with Crippen molar-refractivity contribution in [2.45, 2.75) is 19.3 Å². The molecule has 0 saturated heterocycles. The minimum absolute atomic E-state index is 0.344. The minimum Gasteiger partial charge on any atom is -0.507 e. The van der Waals surface area contributed by atoms with Crippen LogP contribution in [0.3, 0.4) is 0 Å². The highest BCUT2D eigenvalue weighted by atomic mass is 16.3. The Kier molecular flexibility index (Phi) is 5.25. The van der Waals surface area contributed by atoms with Crippen LogP contribution in [0, 0.1) is 0 Å². The van der Waals surface area contributed by atoms with Gasteiger partial charge in [-0.3, -0.25) is 0 Å². The van der Waals surface area contributed by atoms with E-state index in [2.05, 4.69) is 0 Å². The molecular weight excluding hydrogens is 202 g/mol. The Morgan fingerprint density at radius 2 is 1.25 bits per heavy atom. The van der Waals surface area contributed by atoms with E-state index in [4.69, 9.17) is 17.2 Å². The lowest BCUT2D eigenvalue weighted by atomic mass is 9.98. The molecule has 16 heavy (non-hydrogen) atoms. The van der Waals surface area contributed by atoms with Gasteiger partial charge in [0.1, 0.15) is 5.75 Å². The van der Waals surface area contributed by atoms with Gasteiger partial charge in [0.25, 0.3) is 0 Å². The predicted octanol–water partition coefficient (Wildman–Crippen LogP) is -0.104. The van der Waals surface area contributed by atoms with Gasteiger partial charge < -0.3 is 22.3 Å². The van der Waals surface area contributed by atoms with Crippen LogP contribution >= 0.6 is 0 Å². The molecule has 0 aromatic heterocycles. The third kappa shape index (κ3) is 3.20. The quantitative estimate of drug-likeness (QED) is 0.541. The Labute approximate surface area is 96.4 Å². The van der Waals surface area contributed by atoms with Crippen LogP contribution in [-0.4, -0.2) is 24.7 Å². The van der Waals surface area contributed by atoms with Crippen molar-refractivity contribution in [3.05, 3.63) is 28.8 Å². The summed E-state index contributed by atoms with van der Waals surface area (Å²) >= 11 is 0. The van der Waals surface area contributed by atoms with E-state index in [1.54, 1.807) is 0 Å². The molecule has 1 rings (SSSR count). The molecule has 0 radical (unpaired) electrons. The van der Waals surface area contributed by atoms with Gasteiger partial charge in [-0.05, 0) is 55.6 Å². The summed E-state index contributed by atoms with van der Waals surface area (Å²) in [6.45, 7) is 1.66. The molecular formula is C12H21N3O. The summed E-state index contributed by atoms with van der Waals surface area (Å²) in [5.74, 6) is 0.344. The highest BCUT2D eigenvalue weighted by Gasteiger charge is 2.08. The third-order valence-corrected chi connectivity index (χ3v) is 2.59. The summed E-state index contributed by atoms with van der Waals surface area (Å²) in [5.41, 5.74) is 19.5. The van der Waals surface area contributed by atoms with Gasteiger partial charge in [-0.15, -0.1) is 0 Å². The first-order chi connectivity index (χ1) is 7.72. The number of phenolic OH excluding ortho intramolecular Hbond substituents is 1. The topological polar surface area (TPSA) is 98.3 Å². The fourth-order valence-corrected chi connectivity index (χ4v) is 1.84. The summed E-state index contributed by atoms with van der Waals surface area (Å²) in [4.78, 5) is 0. The maximum Gasteiger partial charge on any atom is 0.122 e. The smallest absolute Gasteiger partial charge is 0.122 e. The van der Waals surface area contributed by atoms with Crippen molar-refractivity contribution >= 4 is 0 Å². The van der Waals surface area contributed by atoms with Crippen LogP contribution in [0.25, 0.3) is 0 Å². The average Bonchev–Trinajstić information content (AvgIpc) is 2.26. The molecule has 7 N–H and O–H groups in total. The molecule has 0 atom stereocenters. The van der Waals surface area contributed by atoms with Crippen molar-refractivity contribution in [1.82, 2.24) is 0 Å². The molecule has 0 aliphatic heterocycles. The van der Waals surface area contributed by atoms with Crippen molar-refractivity contribution in [3.8, 4) is 5.75 Å². The minimum atomic E-state index is 0.344. The maximum absolute atomic E-state index is 10.0. The van der Waals surface area contributed by atoms with Crippen LogP contribution in [0.2, 0.25) is 0 Å². The van der Waals surface area contributed by atoms with Crippen LogP contribution in [0.5, 0.6) is 5.75 Å². The normalized spacial score (nSPS) is 10.7. The van der Waals surface area contributed by atoms with Crippen LogP contribution < -0.4 is 17.2 Å². The van der Waals surface area contributed by atoms with Crippen LogP contribution in [0.15, 0.2) is 12.1 Å². The predicted molar refractivity (Wildman–Crippen MR) is 66.4 cm³/mol. The summed E-state index contributed by atoms with van der Waals surface area (Å²) in [5, 5.41) is 10.0. The van der Waals surface area contributed by atoms with Gasteiger partial charge in [-0.2, -0.15) is 0 Å². The Morgan fingerprint density at radius 3 is 1.62 bits per heavy atom. The Morgan fingerprint density at radius 1 is 0.812 bits per heavy atom. The molecule has 0 unspecified atom stereocenters. The molecule has 90 valence electrons. The van der Waals surface area contributed by atoms with Crippen LogP contribution in [0.1, 0.15) is 16.7 Å². The van der Waals surface area contributed by atoms with Crippen LogP contribution in [-0.2, 0) is 19.3 Å². The molecule has 0 saturated carbocycles. The second-order valence-corrected chi connectivity index (χ2v) is 3.88. The van der Waals surface area contributed by atoms with Crippen molar-refractivity contribution < 1.29 is 5.11 Å². The van der Waals surface area contributed by atoms with Gasteiger partial charge >= 0.3 is 0 Å². The molecule has 0 bridgehead atoms. The first kappa shape index (κ1) is 13.0. The van der Waals surface area contributed by atoms with Crippen molar-refractivity contribution in [2.24, 2.45) is 17.2 Å². The molecule has 0 heterocycles. The van der Waals surface area contributed by atoms with E-state index in [9.17, 15) is 5.11 Å². The number of aromatic hydroxyl groups is 1. The summed E-state index contributed by atoms with van der Waals surface area (Å²) in [7, 11) is 0. The highest BCUT2D eigenvalue weighted by molar-refractivity contribution is 5.44. The van der Waals surface area contributed by atoms with E-state index in [-0.39, 0.29) is 0 Å². The third-order valence-electron chi connectivity index (χ3n) is 2.59. The fourth-order valence-electron chi connectivity index (χ4n) is 1.84. The number of benzene rings is 1. The lowest BCUT2D eigenvalue weighted by molar-refractivity contribution is 0.460. The van der Waals surface area contributed by atoms with Gasteiger partial charge in [0.15, 0.2) is 0 Å². The van der Waals surface area contributed by atoms with E-state index in [1.807, 2.05) is 12.1 Å². The van der Waals surface area contributed by atoms with Gasteiger partial charge in [0.2, 0.25) is 0 Å². The molecule has 1 aromatic carbocycles. The molecule has 1 aromatic rings. The van der Waals surface area contributed by atoms with Crippen LogP contribution in [0.4, 0.5) is 0 Å². The zero-order valence-electron chi connectivity index (χ0n) is 9.58. The van der Waals surface area contributed by atoms with Gasteiger partial charge in [0.05, 0.1) is 0 Å². The average molecular weight is 223 g/mol. The van der Waals surface area contributed by atoms with Crippen molar-refractivity contribution in [1.29, 1.82) is 0 Å². The largest absolute Gasteiger partial charge is 0.507 e. The van der Waals surface area contributed by atoms with E-state index in [0.29, 0.717) is 38.2 Å². The summed E-state index contributed by atoms with van der Waals surface area (Å²) < 4.78 is 0. The monoisotopic (exact) mass is 223 g/mol. The molecule has 0 aliphatic carbocycles. The number of hydrogen-bond acceptors (Lipinski definition) is 4. The summed E-state index contributed by atoms with van der Waals surface area (Å²) in [6, 6.07) is 3.96. The molecule has 0 spiro atoms. The zero-order chi connectivity index (χ0) is 12.0. The summed E-state index contributed by atoms with van der Waals surface area (Å²) in [6.07, 6.45) is 2.18. The number of phenols is 1. The molecule has 0 amide bonds. The van der Waals surface area contributed by atoms with Gasteiger partial charge in [-0.1, -0.05) is 12.1 Å². The maximum atomic E-state index is 10.0. The number of nitrogens with two attached hydrogens (primary N) is 3. The van der Waals surface area contributed by atoms with Crippen molar-refractivity contribution in [2.75, 3.05) is 19.6 Å². The highest BCUT2D eigenvalue weighted by Crippen LogP contribution is 2.25. The first-order valence-electron chi connectivity index (χ1n) is 5.66. The second kappa shape index (κ2) is 6.48. The van der Waals surface area contributed by atoms with E-state index >= 15 is 0 Å². The number of hydrogen-bond donors (Lipinski definition) is 4. The fraction of sp³-hybridized carbons (Fsp3) is 0.500. The van der Waals surface area contributed by atoms with E-state index < -0.39 is 0 Å². The Bertz CT molecular complexity index is 312. The molecule has 0 aliphatic rings. The molecule has 4 heteroatoms. The molecule has 4 nitrogen and oxygen atoms in total. The van der Waals surface area contributed by atoms with E-state index in [0.717, 1.165) is 23.1 Å². The molecule has 0 fully saturated rings. The Hall–Kier alpha value is -1.10. The first-order valence-corrected chi connectivity index (χ1v) is 5.66. The zero-order valence-corrected chi connectivity index (χ0v) is 9.58. The SMILES string of the molecule is NCCc1cc(CCN)c(O)c(CCN)c1. The lowest BCUT2D eigenvalue weighted by Gasteiger charge is -2.12. The van der Waals surface area contributed by atoms with Gasteiger partial charge in [-0.25, -0.2) is 0 Å². The van der Waals surface area contributed by atoms with Gasteiger partial charge in [0, 0.05) is 0 Å². The standard InChI is InChI=1S/C12H21N3O/c13-4-1-9-7-10(2-5-14)12(16)11(8-9)3-6-15/h7-8,16H,1-6,13-15H2. The van der Waals surface area contributed by atoms with Crippen molar-refractivity contribution in [3.63, 3.8) is 0 Å². The second-order valence-electron chi connectivity index (χ2n) is 3.88. The van der Waals surface area contributed by atoms with E-state index in [1.165, 1.54) is 0 Å². The lowest BCUT2D eigenvalue weighted by Crippen LogP contribution is -2.09. The number of rotatable bonds is 6.